The van der Waals surface area contributed by atoms with Gasteiger partial charge in [0.05, 0.1) is 18.8 Å². The van der Waals surface area contributed by atoms with Gasteiger partial charge in [0.25, 0.3) is 0 Å². The van der Waals surface area contributed by atoms with E-state index in [9.17, 15) is 4.79 Å². The van der Waals surface area contributed by atoms with Crippen LogP contribution in [0.3, 0.4) is 0 Å². The minimum atomic E-state index is -0.362. The minimum Gasteiger partial charge on any atom is -0.442 e. The Hall–Kier alpha value is -3.42. The molecular formula is C22H26N6O2. The van der Waals surface area contributed by atoms with Crippen molar-refractivity contribution in [2.75, 3.05) is 5.32 Å². The van der Waals surface area contributed by atoms with Crippen LogP contribution in [0.2, 0.25) is 0 Å². The lowest BCUT2D eigenvalue weighted by atomic mass is 9.99. The first-order valence-electron chi connectivity index (χ1n) is 10.1. The maximum absolute atomic E-state index is 11.7. The second-order valence-electron chi connectivity index (χ2n) is 8.04. The van der Waals surface area contributed by atoms with Crippen LogP contribution in [0.5, 0.6) is 0 Å². The molecule has 8 nitrogen and oxygen atoms in total. The van der Waals surface area contributed by atoms with Crippen molar-refractivity contribution in [1.29, 1.82) is 0 Å². The summed E-state index contributed by atoms with van der Waals surface area (Å²) in [6.45, 7) is 8.63. The van der Waals surface area contributed by atoms with Crippen molar-refractivity contribution in [3.05, 3.63) is 54.1 Å². The number of rotatable bonds is 6. The Morgan fingerprint density at radius 2 is 2.07 bits per heavy atom. The van der Waals surface area contributed by atoms with Crippen molar-refractivity contribution in [3.63, 3.8) is 0 Å². The first kappa shape index (κ1) is 19.9. The van der Waals surface area contributed by atoms with Crippen LogP contribution in [0.1, 0.15) is 25.1 Å². The number of anilines is 2. The number of aryl methyl sites for hydroxylation is 2. The molecule has 1 aliphatic heterocycles. The van der Waals surface area contributed by atoms with Crippen LogP contribution in [0, 0.1) is 19.8 Å². The van der Waals surface area contributed by atoms with E-state index in [4.69, 9.17) is 4.74 Å². The summed E-state index contributed by atoms with van der Waals surface area (Å²) in [5, 5.41) is 10.6. The molecule has 1 aliphatic rings. The summed E-state index contributed by atoms with van der Waals surface area (Å²) in [5.41, 5.74) is 4.97. The van der Waals surface area contributed by atoms with Crippen LogP contribution in [0.25, 0.3) is 11.1 Å². The van der Waals surface area contributed by atoms with Crippen molar-refractivity contribution >= 4 is 17.7 Å². The monoisotopic (exact) mass is 406 g/mol. The zero-order valence-corrected chi connectivity index (χ0v) is 17.6. The number of cyclic esters (lactones) is 1. The molecule has 4 rings (SSSR count). The molecule has 156 valence electrons. The molecule has 0 spiro atoms. The number of nitrogens with zero attached hydrogens (tertiary/aromatic N) is 4. The SMILES string of the molecule is Cc1cc(Nc2nccc(C)n2)cc(-c2cnn(CC3OC(=O)NC3C(C)C)c2)c1. The molecule has 30 heavy (non-hydrogen) atoms. The minimum absolute atomic E-state index is 0.0192. The lowest BCUT2D eigenvalue weighted by Gasteiger charge is -2.19. The third-order valence-corrected chi connectivity index (χ3v) is 5.12. The van der Waals surface area contributed by atoms with E-state index >= 15 is 0 Å². The number of nitrogens with one attached hydrogen (secondary N) is 2. The number of hydrogen-bond donors (Lipinski definition) is 2. The molecule has 2 unspecified atom stereocenters. The van der Waals surface area contributed by atoms with Crippen molar-refractivity contribution < 1.29 is 9.53 Å². The van der Waals surface area contributed by atoms with Crippen molar-refractivity contribution in [2.45, 2.75) is 46.4 Å². The molecule has 0 aliphatic carbocycles. The largest absolute Gasteiger partial charge is 0.442 e. The molecule has 0 saturated carbocycles. The van der Waals surface area contributed by atoms with Gasteiger partial charge in [-0.2, -0.15) is 5.10 Å². The van der Waals surface area contributed by atoms with Crippen LogP contribution in [0.15, 0.2) is 42.9 Å². The highest BCUT2D eigenvalue weighted by Crippen LogP contribution is 2.26. The number of aromatic nitrogens is 4. The Morgan fingerprint density at radius 1 is 1.23 bits per heavy atom. The van der Waals surface area contributed by atoms with Gasteiger partial charge in [-0.25, -0.2) is 14.8 Å². The summed E-state index contributed by atoms with van der Waals surface area (Å²) in [6.07, 6.45) is 4.94. The van der Waals surface area contributed by atoms with Gasteiger partial charge < -0.3 is 15.4 Å². The van der Waals surface area contributed by atoms with E-state index in [1.54, 1.807) is 6.20 Å². The Balaban J connectivity index is 1.53. The van der Waals surface area contributed by atoms with E-state index in [2.05, 4.69) is 51.7 Å². The number of ether oxygens (including phenoxy) is 1. The molecule has 2 N–H and O–H groups in total. The maximum Gasteiger partial charge on any atom is 0.407 e. The van der Waals surface area contributed by atoms with E-state index in [0.717, 1.165) is 28.1 Å². The maximum atomic E-state index is 11.7. The molecular weight excluding hydrogens is 380 g/mol. The third-order valence-electron chi connectivity index (χ3n) is 5.12. The zero-order chi connectivity index (χ0) is 21.3. The van der Waals surface area contributed by atoms with Crippen LogP contribution in [-0.4, -0.2) is 38.0 Å². The number of benzene rings is 1. The molecule has 2 atom stereocenters. The molecule has 2 aromatic heterocycles. The Bertz CT molecular complexity index is 1060. The molecule has 3 heterocycles. The summed E-state index contributed by atoms with van der Waals surface area (Å²) in [6, 6.07) is 8.05. The predicted molar refractivity (Wildman–Crippen MR) is 114 cm³/mol. The first-order valence-corrected chi connectivity index (χ1v) is 10.1. The second-order valence-corrected chi connectivity index (χ2v) is 8.04. The number of hydrogen-bond acceptors (Lipinski definition) is 6. The van der Waals surface area contributed by atoms with Gasteiger partial charge in [-0.05, 0) is 49.1 Å². The molecule has 3 aromatic rings. The Kier molecular flexibility index (Phi) is 5.39. The van der Waals surface area contributed by atoms with Crippen molar-refractivity contribution in [2.24, 2.45) is 5.92 Å². The van der Waals surface area contributed by atoms with E-state index in [0.29, 0.717) is 12.5 Å². The first-order chi connectivity index (χ1) is 14.4. The number of amides is 1. The van der Waals surface area contributed by atoms with E-state index in [1.165, 1.54) is 0 Å². The van der Waals surface area contributed by atoms with E-state index in [1.807, 2.05) is 43.1 Å². The fourth-order valence-electron chi connectivity index (χ4n) is 3.68. The van der Waals surface area contributed by atoms with Gasteiger partial charge in [-0.15, -0.1) is 0 Å². The molecule has 1 amide bonds. The fourth-order valence-corrected chi connectivity index (χ4v) is 3.68. The topological polar surface area (TPSA) is 94.0 Å². The molecule has 1 aromatic carbocycles. The van der Waals surface area contributed by atoms with Crippen molar-refractivity contribution in [1.82, 2.24) is 25.1 Å². The quantitative estimate of drug-likeness (QED) is 0.646. The van der Waals surface area contributed by atoms with E-state index in [-0.39, 0.29) is 24.2 Å². The molecule has 0 radical (unpaired) electrons. The van der Waals surface area contributed by atoms with Gasteiger partial charge in [-0.3, -0.25) is 4.68 Å². The zero-order valence-electron chi connectivity index (χ0n) is 17.6. The summed E-state index contributed by atoms with van der Waals surface area (Å²) < 4.78 is 7.26. The fraction of sp³-hybridized carbons (Fsp3) is 0.364. The second kappa shape index (κ2) is 8.14. The normalized spacial score (nSPS) is 18.4. The third kappa shape index (κ3) is 4.42. The van der Waals surface area contributed by atoms with Crippen molar-refractivity contribution in [3.8, 4) is 11.1 Å². The highest BCUT2D eigenvalue weighted by atomic mass is 16.6. The van der Waals surface area contributed by atoms with Gasteiger partial charge >= 0.3 is 6.09 Å². The Labute approximate surface area is 175 Å². The number of carbonyl (C=O) groups excluding carboxylic acids is 1. The predicted octanol–water partition coefficient (Wildman–Crippen LogP) is 3.83. The highest BCUT2D eigenvalue weighted by molar-refractivity contribution is 5.71. The Morgan fingerprint density at radius 3 is 2.83 bits per heavy atom. The average molecular weight is 406 g/mol. The lowest BCUT2D eigenvalue weighted by Crippen LogP contribution is -2.38. The van der Waals surface area contributed by atoms with E-state index < -0.39 is 0 Å². The van der Waals surface area contributed by atoms with Crippen LogP contribution < -0.4 is 10.6 Å². The molecule has 0 bridgehead atoms. The van der Waals surface area contributed by atoms with Crippen LogP contribution in [-0.2, 0) is 11.3 Å². The average Bonchev–Trinajstić information content (AvgIpc) is 3.28. The van der Waals surface area contributed by atoms with Crippen LogP contribution in [0.4, 0.5) is 16.4 Å². The van der Waals surface area contributed by atoms with Gasteiger partial charge in [-0.1, -0.05) is 19.9 Å². The van der Waals surface area contributed by atoms with Gasteiger partial charge in [0.15, 0.2) is 0 Å². The number of alkyl carbamates (subject to hydrolysis) is 1. The lowest BCUT2D eigenvalue weighted by molar-refractivity contribution is 0.111. The van der Waals surface area contributed by atoms with Gasteiger partial charge in [0, 0.05) is 29.3 Å². The van der Waals surface area contributed by atoms with Crippen LogP contribution >= 0.6 is 0 Å². The summed E-state index contributed by atoms with van der Waals surface area (Å²) in [5.74, 6) is 0.850. The summed E-state index contributed by atoms with van der Waals surface area (Å²) in [7, 11) is 0. The molecule has 1 saturated heterocycles. The van der Waals surface area contributed by atoms with Gasteiger partial charge in [0.2, 0.25) is 5.95 Å². The number of carbonyl (C=O) groups is 1. The standard InChI is InChI=1S/C22H26N6O2/c1-13(2)20-19(30-22(29)27-20)12-28-11-17(10-24-28)16-7-14(3)8-18(9-16)26-21-23-6-5-15(4)25-21/h5-11,13,19-20H,12H2,1-4H3,(H,27,29)(H,23,25,26). The molecule has 1 fully saturated rings. The van der Waals surface area contributed by atoms with Gasteiger partial charge in [0.1, 0.15) is 6.10 Å². The smallest absolute Gasteiger partial charge is 0.407 e. The highest BCUT2D eigenvalue weighted by Gasteiger charge is 2.36. The molecule has 8 heteroatoms. The summed E-state index contributed by atoms with van der Waals surface area (Å²) in [4.78, 5) is 20.3. The summed E-state index contributed by atoms with van der Waals surface area (Å²) >= 11 is 0.